The van der Waals surface area contributed by atoms with Gasteiger partial charge in [0.15, 0.2) is 0 Å². The summed E-state index contributed by atoms with van der Waals surface area (Å²) >= 11 is 0. The Morgan fingerprint density at radius 2 is 1.50 bits per heavy atom. The van der Waals surface area contributed by atoms with E-state index in [-0.39, 0.29) is 15.4 Å². The highest BCUT2D eigenvalue weighted by atomic mass is 31.2. The van der Waals surface area contributed by atoms with Crippen LogP contribution >= 0.6 is 15.4 Å². The highest BCUT2D eigenvalue weighted by molar-refractivity contribution is 8.12. The minimum absolute atomic E-state index is 0.342. The predicted octanol–water partition coefficient (Wildman–Crippen LogP) is 1.01. The van der Waals surface area contributed by atoms with Gasteiger partial charge in [-0.05, 0) is 21.2 Å². The molecule has 0 fully saturated rings. The molecular weight excluding hydrogens is 138 g/mol. The van der Waals surface area contributed by atoms with E-state index in [2.05, 4.69) is 13.8 Å². The van der Waals surface area contributed by atoms with E-state index in [9.17, 15) is 0 Å². The molecule has 0 spiro atoms. The van der Waals surface area contributed by atoms with Crippen molar-refractivity contribution in [3.63, 3.8) is 0 Å². The first-order chi connectivity index (χ1) is 3.64. The minimum atomic E-state index is -0.342. The molecule has 2 nitrogen and oxygen atoms in total. The Morgan fingerprint density at radius 3 is 1.62 bits per heavy atom. The Balaban J connectivity index is 3.02. The van der Waals surface area contributed by atoms with Gasteiger partial charge in [0.2, 0.25) is 0 Å². The van der Waals surface area contributed by atoms with Crippen LogP contribution in [0.1, 0.15) is 13.8 Å². The molecule has 0 saturated heterocycles. The number of rotatable bonds is 0. The van der Waals surface area contributed by atoms with Gasteiger partial charge in [-0.15, -0.1) is 0 Å². The maximum atomic E-state index is 5.68. The van der Waals surface area contributed by atoms with Crippen LogP contribution < -0.4 is 11.0 Å². The molecule has 0 saturated carbocycles. The molecule has 8 heavy (non-hydrogen) atoms. The zero-order valence-electron chi connectivity index (χ0n) is 5.05. The quantitative estimate of drug-likeness (QED) is 0.503. The van der Waals surface area contributed by atoms with Gasteiger partial charge >= 0.3 is 0 Å². The lowest BCUT2D eigenvalue weighted by Gasteiger charge is -2.22. The highest BCUT2D eigenvalue weighted by Gasteiger charge is 2.17. The first-order valence-corrected chi connectivity index (χ1v) is 5.23. The van der Waals surface area contributed by atoms with E-state index in [1.54, 1.807) is 0 Å². The second-order valence-corrected chi connectivity index (χ2v) is 6.70. The predicted molar refractivity (Wildman–Crippen MR) is 43.6 cm³/mol. The summed E-state index contributed by atoms with van der Waals surface area (Å²) in [4.78, 5) is 0. The van der Waals surface area contributed by atoms with E-state index < -0.39 is 0 Å². The standard InChI is InChI=1S/C4H10N2P2/c1-3-7(5)4(2)8(3)6/h5-6H2,1-2H3. The molecule has 0 bridgehead atoms. The van der Waals surface area contributed by atoms with Crippen LogP contribution in [0.3, 0.4) is 0 Å². The molecule has 0 aromatic heterocycles. The van der Waals surface area contributed by atoms with Crippen molar-refractivity contribution in [3.8, 4) is 0 Å². The third-order valence-corrected chi connectivity index (χ3v) is 6.77. The molecular formula is C4H10N2P2. The minimum Gasteiger partial charge on any atom is -0.302 e. The van der Waals surface area contributed by atoms with E-state index in [0.717, 1.165) is 0 Å². The van der Waals surface area contributed by atoms with Crippen molar-refractivity contribution in [1.82, 2.24) is 0 Å². The van der Waals surface area contributed by atoms with Crippen molar-refractivity contribution >= 4 is 25.5 Å². The van der Waals surface area contributed by atoms with Gasteiger partial charge in [-0.3, -0.25) is 5.50 Å². The molecule has 46 valence electrons. The molecule has 4 heteroatoms. The fourth-order valence-corrected chi connectivity index (χ4v) is 4.56. The maximum absolute atomic E-state index is 5.68. The van der Waals surface area contributed by atoms with Crippen molar-refractivity contribution in [1.29, 1.82) is 0 Å². The van der Waals surface area contributed by atoms with Gasteiger partial charge in [0, 0.05) is 18.1 Å². The molecule has 4 N–H and O–H groups in total. The Kier molecular flexibility index (Phi) is 1.60. The van der Waals surface area contributed by atoms with Crippen LogP contribution in [-0.2, 0) is 0 Å². The fourth-order valence-electron chi connectivity index (χ4n) is 0.656. The van der Waals surface area contributed by atoms with Crippen molar-refractivity contribution in [2.24, 2.45) is 11.0 Å². The smallest absolute Gasteiger partial charge is 0.0242 e. The van der Waals surface area contributed by atoms with Gasteiger partial charge in [-0.25, -0.2) is 0 Å². The Morgan fingerprint density at radius 1 is 1.12 bits per heavy atom. The van der Waals surface area contributed by atoms with Crippen molar-refractivity contribution in [2.45, 2.75) is 13.8 Å². The lowest BCUT2D eigenvalue weighted by molar-refractivity contribution is 1.91. The lowest BCUT2D eigenvalue weighted by Crippen LogP contribution is -2.14. The molecule has 0 aliphatic carbocycles. The summed E-state index contributed by atoms with van der Waals surface area (Å²) in [5.74, 6) is 0. The van der Waals surface area contributed by atoms with E-state index in [1.165, 1.54) is 10.1 Å². The molecule has 1 aliphatic heterocycles. The monoisotopic (exact) mass is 148 g/mol. The Hall–Kier alpha value is 0.390. The fraction of sp³-hybridized carbons (Fsp3) is 0.500. The SMILES string of the molecule is CC1=P(N)=C(C)P1N. The van der Waals surface area contributed by atoms with Gasteiger partial charge in [-0.1, -0.05) is 0 Å². The number of nitrogens with two attached hydrogens (primary N) is 2. The molecule has 0 radical (unpaired) electrons. The second kappa shape index (κ2) is 1.97. The summed E-state index contributed by atoms with van der Waals surface area (Å²) in [7, 11) is -0.685. The summed E-state index contributed by atoms with van der Waals surface area (Å²) < 4.78 is 0. The van der Waals surface area contributed by atoms with Crippen LogP contribution in [0.4, 0.5) is 0 Å². The van der Waals surface area contributed by atoms with E-state index in [0.29, 0.717) is 0 Å². The summed E-state index contributed by atoms with van der Waals surface area (Å²) in [6.45, 7) is 4.12. The van der Waals surface area contributed by atoms with Crippen LogP contribution in [-0.4, -0.2) is 10.1 Å². The zero-order chi connectivity index (χ0) is 6.31. The third-order valence-electron chi connectivity index (χ3n) is 1.39. The summed E-state index contributed by atoms with van der Waals surface area (Å²) in [5.41, 5.74) is 11.4. The summed E-state index contributed by atoms with van der Waals surface area (Å²) in [5, 5.41) is 2.68. The summed E-state index contributed by atoms with van der Waals surface area (Å²) in [6.07, 6.45) is 0. The van der Waals surface area contributed by atoms with E-state index in [4.69, 9.17) is 11.0 Å². The summed E-state index contributed by atoms with van der Waals surface area (Å²) in [6, 6.07) is 0. The first-order valence-electron chi connectivity index (χ1n) is 2.41. The highest BCUT2D eigenvalue weighted by Crippen LogP contribution is 2.46. The molecule has 0 aromatic carbocycles. The third kappa shape index (κ3) is 0.691. The van der Waals surface area contributed by atoms with Crippen LogP contribution in [0.2, 0.25) is 0 Å². The largest absolute Gasteiger partial charge is 0.302 e. The first kappa shape index (κ1) is 6.51. The van der Waals surface area contributed by atoms with Crippen LogP contribution in [0.15, 0.2) is 0 Å². The molecule has 1 rings (SSSR count). The lowest BCUT2D eigenvalue weighted by atomic mass is 10.9. The Bertz CT molecular complexity index is 182. The van der Waals surface area contributed by atoms with Gasteiger partial charge in [-0.2, -0.15) is 0 Å². The molecule has 0 amide bonds. The zero-order valence-corrected chi connectivity index (χ0v) is 6.84. The molecule has 0 atom stereocenters. The van der Waals surface area contributed by atoms with Gasteiger partial charge < -0.3 is 5.50 Å². The average Bonchev–Trinajstić information content (AvgIpc) is 1.83. The second-order valence-electron chi connectivity index (χ2n) is 1.83. The molecule has 1 aliphatic rings. The van der Waals surface area contributed by atoms with Crippen molar-refractivity contribution in [2.75, 3.05) is 0 Å². The van der Waals surface area contributed by atoms with Gasteiger partial charge in [0.25, 0.3) is 0 Å². The van der Waals surface area contributed by atoms with Crippen LogP contribution in [0, 0.1) is 0 Å². The normalized spacial score (nSPS) is 33.0. The van der Waals surface area contributed by atoms with Crippen molar-refractivity contribution < 1.29 is 0 Å². The number of hydrogen-bond donors (Lipinski definition) is 2. The van der Waals surface area contributed by atoms with Gasteiger partial charge in [0.1, 0.15) is 0 Å². The Labute approximate surface area is 51.1 Å². The van der Waals surface area contributed by atoms with E-state index in [1.807, 2.05) is 0 Å². The van der Waals surface area contributed by atoms with Crippen LogP contribution in [0.25, 0.3) is 0 Å². The van der Waals surface area contributed by atoms with Crippen molar-refractivity contribution in [3.05, 3.63) is 0 Å². The van der Waals surface area contributed by atoms with E-state index >= 15 is 0 Å². The molecule has 0 unspecified atom stereocenters. The maximum Gasteiger partial charge on any atom is 0.0242 e. The topological polar surface area (TPSA) is 52.0 Å². The average molecular weight is 148 g/mol. The molecule has 1 heterocycles. The number of hydrogen-bond acceptors (Lipinski definition) is 2. The molecule has 0 aromatic rings. The van der Waals surface area contributed by atoms with Gasteiger partial charge in [0.05, 0.1) is 0 Å². The van der Waals surface area contributed by atoms with Crippen LogP contribution in [0.5, 0.6) is 0 Å².